The molecule has 4 nitrogen and oxygen atoms in total. The standard InChI is InChI=1S/C22H31NO3/c1-3-4-5-6-7-8-9-10-11-16-19(24)20-17-14-12-13-15-18(17)23-21(20)22(25)26-2/h12-15,23H,3-11,16H2,1-2H3. The normalized spacial score (nSPS) is 11.0. The third-order valence-corrected chi connectivity index (χ3v) is 4.88. The van der Waals surface area contributed by atoms with Crippen molar-refractivity contribution in [3.8, 4) is 0 Å². The van der Waals surface area contributed by atoms with E-state index in [0.29, 0.717) is 12.0 Å². The van der Waals surface area contributed by atoms with E-state index < -0.39 is 5.97 Å². The van der Waals surface area contributed by atoms with Crippen LogP contribution in [0.5, 0.6) is 0 Å². The molecule has 0 saturated carbocycles. The number of aromatic nitrogens is 1. The van der Waals surface area contributed by atoms with Gasteiger partial charge in [0.25, 0.3) is 0 Å². The molecule has 2 rings (SSSR count). The van der Waals surface area contributed by atoms with Crippen LogP contribution in [0.4, 0.5) is 0 Å². The Hall–Kier alpha value is -2.10. The molecule has 2 aromatic rings. The molecule has 1 heterocycles. The number of unbranched alkanes of at least 4 members (excludes halogenated alkanes) is 8. The maximum absolute atomic E-state index is 12.7. The van der Waals surface area contributed by atoms with E-state index in [2.05, 4.69) is 11.9 Å². The number of nitrogens with one attached hydrogen (secondary N) is 1. The fourth-order valence-corrected chi connectivity index (χ4v) is 3.41. The summed E-state index contributed by atoms with van der Waals surface area (Å²) in [4.78, 5) is 27.8. The van der Waals surface area contributed by atoms with E-state index in [1.807, 2.05) is 24.3 Å². The quantitative estimate of drug-likeness (QED) is 0.285. The highest BCUT2D eigenvalue weighted by molar-refractivity contribution is 6.15. The van der Waals surface area contributed by atoms with Crippen molar-refractivity contribution < 1.29 is 14.3 Å². The Kier molecular flexibility index (Phi) is 8.39. The highest BCUT2D eigenvalue weighted by Crippen LogP contribution is 2.25. The number of rotatable bonds is 12. The number of hydrogen-bond acceptors (Lipinski definition) is 3. The predicted octanol–water partition coefficient (Wildman–Crippen LogP) is 6.06. The highest BCUT2D eigenvalue weighted by atomic mass is 16.5. The summed E-state index contributed by atoms with van der Waals surface area (Å²) in [7, 11) is 1.34. The zero-order valence-electron chi connectivity index (χ0n) is 16.1. The number of benzene rings is 1. The summed E-state index contributed by atoms with van der Waals surface area (Å²) in [5.41, 5.74) is 1.55. The fourth-order valence-electron chi connectivity index (χ4n) is 3.41. The van der Waals surface area contributed by atoms with Gasteiger partial charge in [-0.25, -0.2) is 4.79 Å². The number of fused-ring (bicyclic) bond motifs is 1. The zero-order chi connectivity index (χ0) is 18.8. The third kappa shape index (κ3) is 5.45. The Morgan fingerprint density at radius 1 is 0.923 bits per heavy atom. The first-order valence-corrected chi connectivity index (χ1v) is 9.91. The molecule has 0 fully saturated rings. The molecule has 1 N–H and O–H groups in total. The van der Waals surface area contributed by atoms with Gasteiger partial charge in [0.2, 0.25) is 0 Å². The molecule has 0 aliphatic heterocycles. The maximum atomic E-state index is 12.7. The van der Waals surface area contributed by atoms with E-state index in [1.165, 1.54) is 52.1 Å². The molecule has 0 aliphatic carbocycles. The van der Waals surface area contributed by atoms with Crippen LogP contribution in [0.25, 0.3) is 10.9 Å². The smallest absolute Gasteiger partial charge is 0.355 e. The first-order valence-electron chi connectivity index (χ1n) is 9.91. The van der Waals surface area contributed by atoms with Gasteiger partial charge in [-0.1, -0.05) is 76.5 Å². The van der Waals surface area contributed by atoms with Crippen LogP contribution in [0, 0.1) is 0 Å². The molecule has 0 atom stereocenters. The highest BCUT2D eigenvalue weighted by Gasteiger charge is 2.23. The van der Waals surface area contributed by atoms with Gasteiger partial charge in [-0.2, -0.15) is 0 Å². The van der Waals surface area contributed by atoms with Crippen LogP contribution in [0.1, 0.15) is 92.0 Å². The second-order valence-corrected chi connectivity index (χ2v) is 6.91. The number of Topliss-reactive ketones (excluding diaryl/α,β-unsaturated/α-hetero) is 1. The SMILES string of the molecule is CCCCCCCCCCCC(=O)c1c(C(=O)OC)[nH]c2ccccc12. The van der Waals surface area contributed by atoms with Crippen LogP contribution >= 0.6 is 0 Å². The van der Waals surface area contributed by atoms with E-state index in [9.17, 15) is 9.59 Å². The molecule has 26 heavy (non-hydrogen) atoms. The van der Waals surface area contributed by atoms with Gasteiger partial charge in [0.15, 0.2) is 5.78 Å². The second-order valence-electron chi connectivity index (χ2n) is 6.91. The van der Waals surface area contributed by atoms with Crippen LogP contribution < -0.4 is 0 Å². The summed E-state index contributed by atoms with van der Waals surface area (Å²) < 4.78 is 4.83. The summed E-state index contributed by atoms with van der Waals surface area (Å²) >= 11 is 0. The van der Waals surface area contributed by atoms with Crippen molar-refractivity contribution in [1.29, 1.82) is 0 Å². The van der Waals surface area contributed by atoms with E-state index in [4.69, 9.17) is 4.74 Å². The fraction of sp³-hybridized carbons (Fsp3) is 0.545. The molecule has 1 aromatic carbocycles. The zero-order valence-corrected chi connectivity index (χ0v) is 16.1. The molecule has 0 amide bonds. The number of methoxy groups -OCH3 is 1. The van der Waals surface area contributed by atoms with Gasteiger partial charge < -0.3 is 9.72 Å². The molecule has 4 heteroatoms. The van der Waals surface area contributed by atoms with Crippen LogP contribution in [0.2, 0.25) is 0 Å². The van der Waals surface area contributed by atoms with Gasteiger partial charge >= 0.3 is 5.97 Å². The molecular weight excluding hydrogens is 326 g/mol. The van der Waals surface area contributed by atoms with E-state index >= 15 is 0 Å². The number of hydrogen-bond donors (Lipinski definition) is 1. The number of ketones is 1. The largest absolute Gasteiger partial charge is 0.464 e. The average molecular weight is 357 g/mol. The number of carbonyl (C=O) groups excluding carboxylic acids is 2. The summed E-state index contributed by atoms with van der Waals surface area (Å²) in [5.74, 6) is -0.470. The average Bonchev–Trinajstić information content (AvgIpc) is 3.05. The molecule has 0 saturated heterocycles. The van der Waals surface area contributed by atoms with Gasteiger partial charge in [-0.15, -0.1) is 0 Å². The molecule has 0 radical (unpaired) electrons. The molecule has 1 aromatic heterocycles. The van der Waals surface area contributed by atoms with Crippen LogP contribution in [-0.2, 0) is 4.74 Å². The first kappa shape index (κ1) is 20.2. The summed E-state index contributed by atoms with van der Waals surface area (Å²) in [6.07, 6.45) is 11.4. The number of carbonyl (C=O) groups is 2. The van der Waals surface area contributed by atoms with Crippen molar-refractivity contribution in [1.82, 2.24) is 4.98 Å². The molecule has 0 aliphatic rings. The van der Waals surface area contributed by atoms with Gasteiger partial charge in [-0.05, 0) is 12.5 Å². The molecule has 0 bridgehead atoms. The number of aromatic amines is 1. The Labute approximate surface area is 156 Å². The third-order valence-electron chi connectivity index (χ3n) is 4.88. The van der Waals surface area contributed by atoms with Gasteiger partial charge in [0.1, 0.15) is 5.69 Å². The van der Waals surface area contributed by atoms with E-state index in [0.717, 1.165) is 23.7 Å². The lowest BCUT2D eigenvalue weighted by Gasteiger charge is -2.04. The van der Waals surface area contributed by atoms with Gasteiger partial charge in [0.05, 0.1) is 12.7 Å². The summed E-state index contributed by atoms with van der Waals surface area (Å²) in [5, 5.41) is 0.800. The monoisotopic (exact) mass is 357 g/mol. The Morgan fingerprint density at radius 3 is 2.19 bits per heavy atom. The Bertz CT molecular complexity index is 717. The lowest BCUT2D eigenvalue weighted by Crippen LogP contribution is -2.09. The summed E-state index contributed by atoms with van der Waals surface area (Å²) in [6, 6.07) is 7.51. The maximum Gasteiger partial charge on any atom is 0.355 e. The lowest BCUT2D eigenvalue weighted by atomic mass is 10.0. The number of esters is 1. The van der Waals surface area contributed by atoms with Crippen molar-refractivity contribution in [2.45, 2.75) is 71.1 Å². The summed E-state index contributed by atoms with van der Waals surface area (Å²) in [6.45, 7) is 2.23. The minimum atomic E-state index is -0.489. The number of para-hydroxylation sites is 1. The minimum absolute atomic E-state index is 0.0193. The first-order chi connectivity index (χ1) is 12.7. The number of H-pyrrole nitrogens is 1. The van der Waals surface area contributed by atoms with Crippen LogP contribution in [0.3, 0.4) is 0 Å². The molecule has 142 valence electrons. The molecule has 0 spiro atoms. The van der Waals surface area contributed by atoms with Crippen LogP contribution in [-0.4, -0.2) is 23.8 Å². The van der Waals surface area contributed by atoms with Crippen molar-refractivity contribution in [3.05, 3.63) is 35.5 Å². The molecule has 0 unspecified atom stereocenters. The van der Waals surface area contributed by atoms with Crippen molar-refractivity contribution in [2.24, 2.45) is 0 Å². The van der Waals surface area contributed by atoms with E-state index in [-0.39, 0.29) is 11.5 Å². The molecular formula is C22H31NO3. The van der Waals surface area contributed by atoms with Gasteiger partial charge in [-0.3, -0.25) is 4.79 Å². The van der Waals surface area contributed by atoms with Crippen molar-refractivity contribution in [3.63, 3.8) is 0 Å². The topological polar surface area (TPSA) is 59.2 Å². The second kappa shape index (κ2) is 10.8. The Balaban J connectivity index is 1.86. The Morgan fingerprint density at radius 2 is 1.54 bits per heavy atom. The van der Waals surface area contributed by atoms with Crippen LogP contribution in [0.15, 0.2) is 24.3 Å². The van der Waals surface area contributed by atoms with Crippen molar-refractivity contribution in [2.75, 3.05) is 7.11 Å². The van der Waals surface area contributed by atoms with E-state index in [1.54, 1.807) is 0 Å². The predicted molar refractivity (Wildman–Crippen MR) is 106 cm³/mol. The van der Waals surface area contributed by atoms with Gasteiger partial charge in [0, 0.05) is 17.3 Å². The minimum Gasteiger partial charge on any atom is -0.464 e. The van der Waals surface area contributed by atoms with Crippen molar-refractivity contribution >= 4 is 22.7 Å². The lowest BCUT2D eigenvalue weighted by molar-refractivity contribution is 0.0591. The number of ether oxygens (including phenoxy) is 1.